The number of carboxylic acids is 1. The monoisotopic (exact) mass is 1050 g/mol. The Bertz CT molecular complexity index is 1460. The maximum Gasteiger partial charge on any atom is 0.361 e. The molecule has 0 aromatic heterocycles. The average Bonchev–Trinajstić information content (AvgIpc) is 3.38. The van der Waals surface area contributed by atoms with E-state index in [2.05, 4.69) is 86.8 Å². The fraction of sp³-hybridized carbons (Fsp3) is 0.773. The maximum atomic E-state index is 12.9. The predicted octanol–water partition coefficient (Wildman–Crippen LogP) is 18.6. The number of allylic oxidation sites excluding steroid dienone is 12. The molecule has 0 aromatic carbocycles. The summed E-state index contributed by atoms with van der Waals surface area (Å²) in [6, 6.07) is 0. The van der Waals surface area contributed by atoms with Gasteiger partial charge in [0, 0.05) is 12.8 Å². The Morgan fingerprint density at radius 3 is 1.15 bits per heavy atom. The zero-order valence-electron chi connectivity index (χ0n) is 49.4. The second kappa shape index (κ2) is 56.9. The molecular formula is C66H118NO8+. The van der Waals surface area contributed by atoms with E-state index in [4.69, 9.17) is 18.9 Å². The minimum Gasteiger partial charge on any atom is -0.477 e. The Morgan fingerprint density at radius 1 is 0.413 bits per heavy atom. The van der Waals surface area contributed by atoms with Crippen LogP contribution in [0.4, 0.5) is 0 Å². The third-order valence-corrected chi connectivity index (χ3v) is 13.4. The molecule has 2 unspecified atom stereocenters. The number of carboxylic acid groups (broad SMARTS) is 1. The Balaban J connectivity index is 4.21. The van der Waals surface area contributed by atoms with Gasteiger partial charge in [-0.05, 0) is 83.5 Å². The molecule has 2 atom stereocenters. The van der Waals surface area contributed by atoms with Crippen molar-refractivity contribution >= 4 is 17.9 Å². The van der Waals surface area contributed by atoms with Crippen molar-refractivity contribution in [3.63, 3.8) is 0 Å². The minimum atomic E-state index is -1.51. The summed E-state index contributed by atoms with van der Waals surface area (Å²) in [4.78, 5) is 37.5. The van der Waals surface area contributed by atoms with Gasteiger partial charge in [0.05, 0.1) is 34.4 Å². The van der Waals surface area contributed by atoms with Crippen molar-refractivity contribution in [2.75, 3.05) is 47.5 Å². The summed E-state index contributed by atoms with van der Waals surface area (Å²) >= 11 is 0. The molecule has 0 spiro atoms. The van der Waals surface area contributed by atoms with Gasteiger partial charge in [0.1, 0.15) is 13.2 Å². The molecule has 0 aromatic rings. The minimum absolute atomic E-state index is 0.184. The highest BCUT2D eigenvalue weighted by Crippen LogP contribution is 2.16. The largest absolute Gasteiger partial charge is 0.477 e. The van der Waals surface area contributed by atoms with E-state index in [9.17, 15) is 19.5 Å². The van der Waals surface area contributed by atoms with Crippen LogP contribution in [0.15, 0.2) is 72.9 Å². The number of hydrogen-bond donors (Lipinski definition) is 1. The van der Waals surface area contributed by atoms with Crippen molar-refractivity contribution in [3.8, 4) is 0 Å². The van der Waals surface area contributed by atoms with E-state index >= 15 is 0 Å². The first-order chi connectivity index (χ1) is 36.6. The Morgan fingerprint density at radius 2 is 0.760 bits per heavy atom. The third kappa shape index (κ3) is 58.3. The number of carbonyl (C=O) groups is 3. The molecule has 0 fully saturated rings. The third-order valence-electron chi connectivity index (χ3n) is 13.4. The number of unbranched alkanes of at least 4 members (excludes halogenated alkanes) is 30. The lowest BCUT2D eigenvalue weighted by molar-refractivity contribution is -0.870. The molecule has 1 N–H and O–H groups in total. The molecule has 434 valence electrons. The highest BCUT2D eigenvalue weighted by atomic mass is 16.7. The van der Waals surface area contributed by atoms with Gasteiger partial charge in [-0.2, -0.15) is 0 Å². The highest BCUT2D eigenvalue weighted by molar-refractivity contribution is 5.71. The fourth-order valence-electron chi connectivity index (χ4n) is 8.68. The molecule has 9 nitrogen and oxygen atoms in total. The summed E-state index contributed by atoms with van der Waals surface area (Å²) in [7, 11) is 5.97. The van der Waals surface area contributed by atoms with Gasteiger partial charge in [-0.15, -0.1) is 0 Å². The molecule has 0 bridgehead atoms. The lowest BCUT2D eigenvalue weighted by Gasteiger charge is -2.25. The summed E-state index contributed by atoms with van der Waals surface area (Å²) in [5.74, 6) is -2.01. The highest BCUT2D eigenvalue weighted by Gasteiger charge is 2.25. The van der Waals surface area contributed by atoms with Crippen LogP contribution in [0.25, 0.3) is 0 Å². The zero-order valence-corrected chi connectivity index (χ0v) is 49.4. The number of nitrogens with zero attached hydrogens (tertiary/aromatic N) is 1. The summed E-state index contributed by atoms with van der Waals surface area (Å²) in [6.07, 6.45) is 71.3. The number of quaternary nitrogens is 1. The van der Waals surface area contributed by atoms with Crippen molar-refractivity contribution in [3.05, 3.63) is 72.9 Å². The second-order valence-corrected chi connectivity index (χ2v) is 22.0. The molecule has 0 aliphatic carbocycles. The fourth-order valence-corrected chi connectivity index (χ4v) is 8.68. The van der Waals surface area contributed by atoms with Crippen LogP contribution < -0.4 is 0 Å². The number of carbonyl (C=O) groups excluding carboxylic acids is 2. The van der Waals surface area contributed by atoms with Crippen molar-refractivity contribution in [1.82, 2.24) is 0 Å². The van der Waals surface area contributed by atoms with E-state index in [1.807, 2.05) is 21.1 Å². The topological polar surface area (TPSA) is 108 Å². The van der Waals surface area contributed by atoms with Crippen molar-refractivity contribution < 1.29 is 42.9 Å². The van der Waals surface area contributed by atoms with Gasteiger partial charge < -0.3 is 28.5 Å². The summed E-state index contributed by atoms with van der Waals surface area (Å²) < 4.78 is 22.9. The van der Waals surface area contributed by atoms with Crippen molar-refractivity contribution in [1.29, 1.82) is 0 Å². The summed E-state index contributed by atoms with van der Waals surface area (Å²) in [5.41, 5.74) is 0. The molecule has 0 aliphatic heterocycles. The number of likely N-dealkylation sites (N-methyl/N-ethyl adjacent to an activating group) is 1. The van der Waals surface area contributed by atoms with Crippen LogP contribution in [0.1, 0.15) is 271 Å². The molecule has 0 amide bonds. The van der Waals surface area contributed by atoms with Gasteiger partial charge >= 0.3 is 17.9 Å². The number of ether oxygens (including phenoxy) is 4. The average molecular weight is 1050 g/mol. The van der Waals surface area contributed by atoms with Gasteiger partial charge in [0.25, 0.3) is 6.29 Å². The standard InChI is InChI=1S/C66H117NO8/c1-6-8-10-12-14-16-18-20-22-24-26-28-30-32-34-36-38-40-42-44-46-48-50-52-54-56-63(68)73-60-62(61-74-66(65(70)71)72-59-58-67(3,4)5)75-64(69)57-55-53-51-49-47-45-43-41-39-37-35-33-31-29-27-25-23-21-19-17-15-13-11-9-7-2/h9,11,15,17,21,23-24,26-27,29,33,35,62,66H,6-8,10,12-14,16,18-20,22,25,28,30-32,34,36-61H2,1-5H3/p+1/b11-9-,17-15-,23-21-,26-24-,29-27-,35-33-. The number of hydrogen-bond acceptors (Lipinski definition) is 7. The SMILES string of the molecule is CC/C=C\C/C=C\C/C=C\C/C=C\C/C=C\CCCCCCCCCCCC(=O)OC(COC(=O)CCCCCCCCCCCCCCC/C=C\CCCCCCCCCC)COC(OCC[N+](C)(C)C)C(=O)O. The number of rotatable bonds is 57. The van der Waals surface area contributed by atoms with E-state index in [0.717, 1.165) is 77.0 Å². The first kappa shape index (κ1) is 71.7. The predicted molar refractivity (Wildman–Crippen MR) is 318 cm³/mol. The van der Waals surface area contributed by atoms with Crippen LogP contribution in [0.3, 0.4) is 0 Å². The van der Waals surface area contributed by atoms with E-state index in [0.29, 0.717) is 23.9 Å². The van der Waals surface area contributed by atoms with E-state index in [1.165, 1.54) is 161 Å². The first-order valence-electron chi connectivity index (χ1n) is 31.1. The number of esters is 2. The summed E-state index contributed by atoms with van der Waals surface area (Å²) in [5, 5.41) is 9.72. The van der Waals surface area contributed by atoms with Crippen LogP contribution in [0.5, 0.6) is 0 Å². The molecule has 0 radical (unpaired) electrons. The smallest absolute Gasteiger partial charge is 0.361 e. The molecule has 0 saturated heterocycles. The van der Waals surface area contributed by atoms with E-state index < -0.39 is 24.3 Å². The van der Waals surface area contributed by atoms with Gasteiger partial charge in [0.15, 0.2) is 6.10 Å². The zero-order chi connectivity index (χ0) is 54.8. The molecule has 0 saturated carbocycles. The molecule has 0 aliphatic rings. The van der Waals surface area contributed by atoms with E-state index in [1.54, 1.807) is 0 Å². The van der Waals surface area contributed by atoms with Gasteiger partial charge in [-0.1, -0.05) is 247 Å². The molecule has 75 heavy (non-hydrogen) atoms. The van der Waals surface area contributed by atoms with Crippen LogP contribution >= 0.6 is 0 Å². The second-order valence-electron chi connectivity index (χ2n) is 22.0. The Labute approximate surface area is 462 Å². The summed E-state index contributed by atoms with van der Waals surface area (Å²) in [6.45, 7) is 4.78. The Kier molecular flexibility index (Phi) is 54.4. The van der Waals surface area contributed by atoms with Crippen LogP contribution in [0.2, 0.25) is 0 Å². The molecule has 0 heterocycles. The lowest BCUT2D eigenvalue weighted by atomic mass is 10.0. The molecular weight excluding hydrogens is 935 g/mol. The Hall–Kier alpha value is -3.27. The van der Waals surface area contributed by atoms with Gasteiger partial charge in [0.2, 0.25) is 0 Å². The van der Waals surface area contributed by atoms with Gasteiger partial charge in [-0.25, -0.2) is 4.79 Å². The van der Waals surface area contributed by atoms with Crippen molar-refractivity contribution in [2.45, 2.75) is 283 Å². The van der Waals surface area contributed by atoms with Crippen LogP contribution in [-0.2, 0) is 33.3 Å². The maximum absolute atomic E-state index is 12.9. The van der Waals surface area contributed by atoms with Crippen LogP contribution in [-0.4, -0.2) is 87.4 Å². The molecule has 0 rings (SSSR count). The number of aliphatic carboxylic acids is 1. The van der Waals surface area contributed by atoms with Crippen molar-refractivity contribution in [2.24, 2.45) is 0 Å². The normalized spacial score (nSPS) is 13.2. The lowest BCUT2D eigenvalue weighted by Crippen LogP contribution is -2.40. The van der Waals surface area contributed by atoms with Gasteiger partial charge in [-0.3, -0.25) is 9.59 Å². The quantitative estimate of drug-likeness (QED) is 0.0211. The molecule has 9 heteroatoms. The van der Waals surface area contributed by atoms with E-state index in [-0.39, 0.29) is 32.2 Å². The first-order valence-corrected chi connectivity index (χ1v) is 31.1. The van der Waals surface area contributed by atoms with Crippen LogP contribution in [0, 0.1) is 0 Å².